The van der Waals surface area contributed by atoms with Crippen molar-refractivity contribution in [2.24, 2.45) is 0 Å². The normalized spacial score (nSPS) is 13.1. The van der Waals surface area contributed by atoms with E-state index in [0.717, 1.165) is 25.7 Å². The molecule has 0 unspecified atom stereocenters. The van der Waals surface area contributed by atoms with Crippen LogP contribution in [0.1, 0.15) is 65.2 Å². The van der Waals surface area contributed by atoms with E-state index in [-0.39, 0.29) is 0 Å². The van der Waals surface area contributed by atoms with Crippen molar-refractivity contribution in [3.8, 4) is 0 Å². The quantitative estimate of drug-likeness (QED) is 0.530. The molecule has 2 nitrogen and oxygen atoms in total. The predicted octanol–water partition coefficient (Wildman–Crippen LogP) is 4.90. The minimum absolute atomic E-state index is 0.624. The average molecular weight is 236 g/mol. The molecule has 0 aliphatic carbocycles. The van der Waals surface area contributed by atoms with Gasteiger partial charge in [0.15, 0.2) is 0 Å². The van der Waals surface area contributed by atoms with Crippen molar-refractivity contribution in [2.45, 2.75) is 65.2 Å². The molecule has 0 spiro atoms. The molecule has 0 aliphatic rings. The van der Waals surface area contributed by atoms with E-state index >= 15 is 0 Å². The molecular formula is C12H28O2S. The largest absolute Gasteiger partial charge is 0.299 e. The Morgan fingerprint density at radius 1 is 0.667 bits per heavy atom. The van der Waals surface area contributed by atoms with Crippen molar-refractivity contribution in [2.75, 3.05) is 11.5 Å². The van der Waals surface area contributed by atoms with Gasteiger partial charge >= 0.3 is 0 Å². The molecule has 0 fully saturated rings. The first kappa shape index (κ1) is 15.3. The maximum Gasteiger partial charge on any atom is 0.0374 e. The molecular weight excluding hydrogens is 208 g/mol. The SMILES string of the molecule is CCCCCCS(O)(O)CCCCCC. The van der Waals surface area contributed by atoms with Crippen LogP contribution in [-0.4, -0.2) is 20.6 Å². The Morgan fingerprint density at radius 3 is 1.40 bits per heavy atom. The zero-order valence-corrected chi connectivity index (χ0v) is 11.2. The molecule has 3 heteroatoms. The van der Waals surface area contributed by atoms with Gasteiger partial charge < -0.3 is 0 Å². The number of rotatable bonds is 10. The minimum Gasteiger partial charge on any atom is -0.299 e. The summed E-state index contributed by atoms with van der Waals surface area (Å²) >= 11 is 0. The maximum absolute atomic E-state index is 9.75. The lowest BCUT2D eigenvalue weighted by atomic mass is 10.2. The Labute approximate surface area is 96.8 Å². The van der Waals surface area contributed by atoms with Gasteiger partial charge in [-0.1, -0.05) is 52.4 Å². The summed E-state index contributed by atoms with van der Waals surface area (Å²) in [7, 11) is -2.24. The zero-order valence-electron chi connectivity index (χ0n) is 10.4. The van der Waals surface area contributed by atoms with Crippen LogP contribution in [-0.2, 0) is 0 Å². The van der Waals surface area contributed by atoms with Crippen LogP contribution in [0.15, 0.2) is 0 Å². The van der Waals surface area contributed by atoms with Crippen molar-refractivity contribution in [1.29, 1.82) is 0 Å². The minimum atomic E-state index is -2.24. The van der Waals surface area contributed by atoms with Crippen LogP contribution in [0.5, 0.6) is 0 Å². The second-order valence-electron chi connectivity index (χ2n) is 4.33. The number of hydrogen-bond acceptors (Lipinski definition) is 2. The van der Waals surface area contributed by atoms with Crippen molar-refractivity contribution in [1.82, 2.24) is 0 Å². The van der Waals surface area contributed by atoms with Gasteiger partial charge in [-0.2, -0.15) is 10.6 Å². The monoisotopic (exact) mass is 236 g/mol. The molecule has 0 aromatic carbocycles. The molecule has 15 heavy (non-hydrogen) atoms. The summed E-state index contributed by atoms with van der Waals surface area (Å²) in [5, 5.41) is 0. The van der Waals surface area contributed by atoms with E-state index in [1.165, 1.54) is 25.7 Å². The Kier molecular flexibility index (Phi) is 9.66. The highest BCUT2D eigenvalue weighted by molar-refractivity contribution is 8.24. The maximum atomic E-state index is 9.75. The van der Waals surface area contributed by atoms with Crippen LogP contribution in [0.25, 0.3) is 0 Å². The lowest BCUT2D eigenvalue weighted by Gasteiger charge is -2.32. The summed E-state index contributed by atoms with van der Waals surface area (Å²) in [4.78, 5) is 0. The average Bonchev–Trinajstić information content (AvgIpc) is 2.20. The first-order valence-corrected chi connectivity index (χ1v) is 8.24. The summed E-state index contributed by atoms with van der Waals surface area (Å²) in [5.74, 6) is 1.25. The van der Waals surface area contributed by atoms with Crippen LogP contribution >= 0.6 is 10.6 Å². The van der Waals surface area contributed by atoms with Gasteiger partial charge in [-0.3, -0.25) is 9.11 Å². The molecule has 0 aromatic rings. The summed E-state index contributed by atoms with van der Waals surface area (Å²) in [5.41, 5.74) is 0. The summed E-state index contributed by atoms with van der Waals surface area (Å²) in [6.07, 6.45) is 9.07. The fourth-order valence-corrected chi connectivity index (χ4v) is 3.16. The molecule has 2 N–H and O–H groups in total. The smallest absolute Gasteiger partial charge is 0.0374 e. The van der Waals surface area contributed by atoms with E-state index in [2.05, 4.69) is 13.8 Å². The van der Waals surface area contributed by atoms with E-state index in [9.17, 15) is 9.11 Å². The molecule has 0 saturated carbocycles. The van der Waals surface area contributed by atoms with Crippen molar-refractivity contribution < 1.29 is 9.11 Å². The fourth-order valence-electron chi connectivity index (χ4n) is 1.62. The van der Waals surface area contributed by atoms with Gasteiger partial charge in [-0.15, -0.1) is 0 Å². The molecule has 0 heterocycles. The molecule has 0 aliphatic heterocycles. The number of unbranched alkanes of at least 4 members (excludes halogenated alkanes) is 6. The molecule has 0 atom stereocenters. The Hall–Kier alpha value is 0.270. The van der Waals surface area contributed by atoms with Crippen molar-refractivity contribution >= 4 is 10.6 Å². The van der Waals surface area contributed by atoms with E-state index in [1.54, 1.807) is 0 Å². The van der Waals surface area contributed by atoms with Gasteiger partial charge in [0.2, 0.25) is 0 Å². The Bertz CT molecular complexity index is 124. The second kappa shape index (κ2) is 9.49. The predicted molar refractivity (Wildman–Crippen MR) is 70.9 cm³/mol. The van der Waals surface area contributed by atoms with Gasteiger partial charge in [-0.05, 0) is 12.8 Å². The van der Waals surface area contributed by atoms with Crippen LogP contribution in [0.4, 0.5) is 0 Å². The van der Waals surface area contributed by atoms with Gasteiger partial charge in [0.1, 0.15) is 0 Å². The molecule has 0 aromatic heterocycles. The summed E-state index contributed by atoms with van der Waals surface area (Å²) in [6, 6.07) is 0. The molecule has 0 amide bonds. The third kappa shape index (κ3) is 10.6. The van der Waals surface area contributed by atoms with Crippen molar-refractivity contribution in [3.63, 3.8) is 0 Å². The van der Waals surface area contributed by atoms with Crippen LogP contribution in [0.3, 0.4) is 0 Å². The lowest BCUT2D eigenvalue weighted by molar-refractivity contribution is 0.478. The molecule has 0 saturated heterocycles. The van der Waals surface area contributed by atoms with Crippen molar-refractivity contribution in [3.05, 3.63) is 0 Å². The molecule has 0 radical (unpaired) electrons. The van der Waals surface area contributed by atoms with Crippen LogP contribution < -0.4 is 0 Å². The zero-order chi connectivity index (χ0) is 11.6. The number of hydrogen-bond donors (Lipinski definition) is 2. The molecule has 0 rings (SSSR count). The first-order chi connectivity index (χ1) is 7.12. The van der Waals surface area contributed by atoms with Gasteiger partial charge in [0, 0.05) is 11.5 Å². The third-order valence-electron chi connectivity index (χ3n) is 2.65. The standard InChI is InChI=1S/C12H28O2S/c1-3-5-7-9-11-15(13,14)12-10-8-6-4-2/h13-14H,3-12H2,1-2H3. The van der Waals surface area contributed by atoms with E-state index < -0.39 is 10.6 Å². The van der Waals surface area contributed by atoms with E-state index in [4.69, 9.17) is 0 Å². The molecule has 94 valence electrons. The second-order valence-corrected chi connectivity index (χ2v) is 6.75. The van der Waals surface area contributed by atoms with Gasteiger partial charge in [0.05, 0.1) is 0 Å². The van der Waals surface area contributed by atoms with E-state index in [0.29, 0.717) is 11.5 Å². The van der Waals surface area contributed by atoms with Gasteiger partial charge in [-0.25, -0.2) is 0 Å². The summed E-state index contributed by atoms with van der Waals surface area (Å²) < 4.78 is 19.5. The lowest BCUT2D eigenvalue weighted by Crippen LogP contribution is -2.07. The highest BCUT2D eigenvalue weighted by Gasteiger charge is 2.10. The van der Waals surface area contributed by atoms with Crippen LogP contribution in [0.2, 0.25) is 0 Å². The molecule has 0 bridgehead atoms. The Morgan fingerprint density at radius 2 is 1.07 bits per heavy atom. The highest BCUT2D eigenvalue weighted by Crippen LogP contribution is 2.40. The fraction of sp³-hybridized carbons (Fsp3) is 1.00. The third-order valence-corrected chi connectivity index (χ3v) is 4.53. The topological polar surface area (TPSA) is 40.5 Å². The first-order valence-electron chi connectivity index (χ1n) is 6.36. The van der Waals surface area contributed by atoms with Gasteiger partial charge in [0.25, 0.3) is 0 Å². The van der Waals surface area contributed by atoms with Crippen LogP contribution in [0, 0.1) is 0 Å². The van der Waals surface area contributed by atoms with E-state index in [1.807, 2.05) is 0 Å². The summed E-state index contributed by atoms with van der Waals surface area (Å²) in [6.45, 7) is 4.34. The highest BCUT2D eigenvalue weighted by atomic mass is 32.3. The Balaban J connectivity index is 3.40.